The SMILES string of the molecule is CCCN(CCN)Cc1ccc(CO)cc1. The molecule has 0 aliphatic heterocycles. The van der Waals surface area contributed by atoms with Crippen LogP contribution < -0.4 is 5.73 Å². The Kier molecular flexibility index (Phi) is 6.08. The molecular weight excluding hydrogens is 200 g/mol. The molecule has 0 saturated heterocycles. The highest BCUT2D eigenvalue weighted by Crippen LogP contribution is 2.07. The minimum Gasteiger partial charge on any atom is -0.392 e. The monoisotopic (exact) mass is 222 g/mol. The van der Waals surface area contributed by atoms with Crippen LogP contribution in [0, 0.1) is 0 Å². The Morgan fingerprint density at radius 3 is 2.25 bits per heavy atom. The van der Waals surface area contributed by atoms with E-state index in [4.69, 9.17) is 10.8 Å². The highest BCUT2D eigenvalue weighted by atomic mass is 16.3. The third-order valence-corrected chi connectivity index (χ3v) is 2.60. The lowest BCUT2D eigenvalue weighted by Gasteiger charge is -2.20. The van der Waals surface area contributed by atoms with E-state index in [1.165, 1.54) is 5.56 Å². The summed E-state index contributed by atoms with van der Waals surface area (Å²) in [7, 11) is 0. The molecule has 0 heterocycles. The van der Waals surface area contributed by atoms with Gasteiger partial charge in [0.15, 0.2) is 0 Å². The lowest BCUT2D eigenvalue weighted by molar-refractivity contribution is 0.273. The molecule has 1 rings (SSSR count). The van der Waals surface area contributed by atoms with Gasteiger partial charge in [0.25, 0.3) is 0 Å². The van der Waals surface area contributed by atoms with Crippen molar-refractivity contribution in [2.24, 2.45) is 5.73 Å². The van der Waals surface area contributed by atoms with Gasteiger partial charge in [-0.2, -0.15) is 0 Å². The first-order valence-corrected chi connectivity index (χ1v) is 5.91. The van der Waals surface area contributed by atoms with Crippen LogP contribution in [-0.4, -0.2) is 29.6 Å². The molecule has 0 bridgehead atoms. The summed E-state index contributed by atoms with van der Waals surface area (Å²) in [4.78, 5) is 2.36. The lowest BCUT2D eigenvalue weighted by Crippen LogP contribution is -2.29. The molecule has 0 radical (unpaired) electrons. The average molecular weight is 222 g/mol. The second kappa shape index (κ2) is 7.39. The van der Waals surface area contributed by atoms with Crippen LogP contribution in [0.3, 0.4) is 0 Å². The first kappa shape index (κ1) is 13.2. The normalized spacial score (nSPS) is 11.0. The van der Waals surface area contributed by atoms with E-state index in [9.17, 15) is 0 Å². The Bertz CT molecular complexity index is 278. The Labute approximate surface area is 97.9 Å². The predicted molar refractivity (Wildman–Crippen MR) is 67.0 cm³/mol. The van der Waals surface area contributed by atoms with E-state index in [1.807, 2.05) is 12.1 Å². The molecule has 3 nitrogen and oxygen atoms in total. The van der Waals surface area contributed by atoms with E-state index in [-0.39, 0.29) is 6.61 Å². The number of aliphatic hydroxyl groups excluding tert-OH is 1. The molecule has 0 atom stereocenters. The molecule has 1 aromatic rings. The predicted octanol–water partition coefficient (Wildman–Crippen LogP) is 1.35. The van der Waals surface area contributed by atoms with Crippen LogP contribution in [0.25, 0.3) is 0 Å². The highest BCUT2D eigenvalue weighted by Gasteiger charge is 2.03. The number of rotatable bonds is 7. The van der Waals surface area contributed by atoms with Crippen molar-refractivity contribution in [1.82, 2.24) is 4.90 Å². The molecule has 3 heteroatoms. The zero-order chi connectivity index (χ0) is 11.8. The van der Waals surface area contributed by atoms with Crippen molar-refractivity contribution in [2.75, 3.05) is 19.6 Å². The van der Waals surface area contributed by atoms with Crippen molar-refractivity contribution in [1.29, 1.82) is 0 Å². The van der Waals surface area contributed by atoms with Gasteiger partial charge in [0.2, 0.25) is 0 Å². The third kappa shape index (κ3) is 4.31. The molecule has 0 aliphatic carbocycles. The van der Waals surface area contributed by atoms with E-state index in [0.717, 1.165) is 31.6 Å². The molecule has 16 heavy (non-hydrogen) atoms. The van der Waals surface area contributed by atoms with Crippen molar-refractivity contribution >= 4 is 0 Å². The van der Waals surface area contributed by atoms with E-state index in [2.05, 4.69) is 24.0 Å². The van der Waals surface area contributed by atoms with Gasteiger partial charge in [-0.1, -0.05) is 31.2 Å². The minimum absolute atomic E-state index is 0.113. The maximum absolute atomic E-state index is 8.95. The summed E-state index contributed by atoms with van der Waals surface area (Å²) >= 11 is 0. The summed E-state index contributed by atoms with van der Waals surface area (Å²) in [6.45, 7) is 5.96. The van der Waals surface area contributed by atoms with Crippen LogP contribution >= 0.6 is 0 Å². The van der Waals surface area contributed by atoms with Crippen LogP contribution in [0.1, 0.15) is 24.5 Å². The van der Waals surface area contributed by atoms with Gasteiger partial charge in [0.1, 0.15) is 0 Å². The van der Waals surface area contributed by atoms with Crippen molar-refractivity contribution in [2.45, 2.75) is 26.5 Å². The van der Waals surface area contributed by atoms with Gasteiger partial charge in [-0.15, -0.1) is 0 Å². The summed E-state index contributed by atoms with van der Waals surface area (Å²) in [5, 5.41) is 8.95. The zero-order valence-electron chi connectivity index (χ0n) is 10.0. The number of aliphatic hydroxyl groups is 1. The molecule has 1 aromatic carbocycles. The molecule has 0 aromatic heterocycles. The topological polar surface area (TPSA) is 49.5 Å². The van der Waals surface area contributed by atoms with Gasteiger partial charge in [-0.05, 0) is 24.1 Å². The molecule has 0 fully saturated rings. The fraction of sp³-hybridized carbons (Fsp3) is 0.538. The molecule has 90 valence electrons. The summed E-state index contributed by atoms with van der Waals surface area (Å²) < 4.78 is 0. The van der Waals surface area contributed by atoms with Crippen LogP contribution in [-0.2, 0) is 13.2 Å². The molecule has 3 N–H and O–H groups in total. The van der Waals surface area contributed by atoms with Crippen LogP contribution in [0.4, 0.5) is 0 Å². The Morgan fingerprint density at radius 2 is 1.75 bits per heavy atom. The molecular formula is C13H22N2O. The van der Waals surface area contributed by atoms with Gasteiger partial charge < -0.3 is 10.8 Å². The van der Waals surface area contributed by atoms with E-state index < -0.39 is 0 Å². The van der Waals surface area contributed by atoms with Crippen LogP contribution in [0.15, 0.2) is 24.3 Å². The molecule has 0 aliphatic rings. The second-order valence-corrected chi connectivity index (χ2v) is 4.04. The molecule has 0 unspecified atom stereocenters. The number of benzene rings is 1. The fourth-order valence-electron chi connectivity index (χ4n) is 1.78. The van der Waals surface area contributed by atoms with E-state index in [1.54, 1.807) is 0 Å². The van der Waals surface area contributed by atoms with E-state index >= 15 is 0 Å². The minimum atomic E-state index is 0.113. The summed E-state index contributed by atoms with van der Waals surface area (Å²) in [6.07, 6.45) is 1.15. The first-order valence-electron chi connectivity index (χ1n) is 5.91. The second-order valence-electron chi connectivity index (χ2n) is 4.04. The average Bonchev–Trinajstić information content (AvgIpc) is 2.31. The van der Waals surface area contributed by atoms with Crippen molar-refractivity contribution in [3.05, 3.63) is 35.4 Å². The summed E-state index contributed by atoms with van der Waals surface area (Å²) in [5.74, 6) is 0. The largest absolute Gasteiger partial charge is 0.392 e. The Morgan fingerprint density at radius 1 is 1.12 bits per heavy atom. The van der Waals surface area contributed by atoms with Crippen LogP contribution in [0.2, 0.25) is 0 Å². The third-order valence-electron chi connectivity index (χ3n) is 2.60. The standard InChI is InChI=1S/C13H22N2O/c1-2-8-15(9-7-14)10-12-3-5-13(11-16)6-4-12/h3-6,16H,2,7-11,14H2,1H3. The number of nitrogens with two attached hydrogens (primary N) is 1. The van der Waals surface area contributed by atoms with Crippen LogP contribution in [0.5, 0.6) is 0 Å². The van der Waals surface area contributed by atoms with Gasteiger partial charge in [-0.25, -0.2) is 0 Å². The van der Waals surface area contributed by atoms with Gasteiger partial charge >= 0.3 is 0 Å². The number of hydrogen-bond donors (Lipinski definition) is 2. The maximum atomic E-state index is 8.95. The summed E-state index contributed by atoms with van der Waals surface area (Å²) in [5.41, 5.74) is 7.82. The quantitative estimate of drug-likeness (QED) is 0.732. The molecule has 0 spiro atoms. The van der Waals surface area contributed by atoms with Crippen molar-refractivity contribution < 1.29 is 5.11 Å². The lowest BCUT2D eigenvalue weighted by atomic mass is 10.1. The van der Waals surface area contributed by atoms with Gasteiger partial charge in [-0.3, -0.25) is 4.90 Å². The smallest absolute Gasteiger partial charge is 0.0681 e. The van der Waals surface area contributed by atoms with Crippen molar-refractivity contribution in [3.8, 4) is 0 Å². The Balaban J connectivity index is 2.54. The van der Waals surface area contributed by atoms with Gasteiger partial charge in [0.05, 0.1) is 6.61 Å². The Hall–Kier alpha value is -0.900. The van der Waals surface area contributed by atoms with Crippen molar-refractivity contribution in [3.63, 3.8) is 0 Å². The molecule has 0 saturated carbocycles. The van der Waals surface area contributed by atoms with E-state index in [0.29, 0.717) is 6.54 Å². The summed E-state index contributed by atoms with van der Waals surface area (Å²) in [6, 6.07) is 8.10. The number of nitrogens with zero attached hydrogens (tertiary/aromatic N) is 1. The molecule has 0 amide bonds. The fourth-order valence-corrected chi connectivity index (χ4v) is 1.78. The first-order chi connectivity index (χ1) is 7.80. The zero-order valence-corrected chi connectivity index (χ0v) is 10.0. The van der Waals surface area contributed by atoms with Gasteiger partial charge in [0, 0.05) is 19.6 Å². The number of hydrogen-bond acceptors (Lipinski definition) is 3. The maximum Gasteiger partial charge on any atom is 0.0681 e. The highest BCUT2D eigenvalue weighted by molar-refractivity contribution is 5.21.